The number of para-hydroxylation sites is 2. The highest BCUT2D eigenvalue weighted by molar-refractivity contribution is 5.90. The summed E-state index contributed by atoms with van der Waals surface area (Å²) < 4.78 is 7.69. The van der Waals surface area contributed by atoms with Crippen LogP contribution in [0.3, 0.4) is 0 Å². The number of aromatic nitrogens is 4. The normalized spacial score (nSPS) is 20.7. The van der Waals surface area contributed by atoms with Gasteiger partial charge in [-0.1, -0.05) is 68.4 Å². The standard InChI is InChI=1S/C31H36N6O4/c1-31(2,3)27(37-18-24(34-35-37)20-13-14-20)30(40)36-17-21(38)16-25(36)28(39)32-23(15-19-9-5-4-6-10-19)29-33-22-11-7-8-12-26(22)41-29/h4-12,18,20-21,23,25,27,38H,13-17H2,1-3H3,(H,32,39)/t21?,23?,25?,27-/m1/s1. The molecule has 3 heterocycles. The van der Waals surface area contributed by atoms with Crippen LogP contribution in [0.15, 0.2) is 65.2 Å². The molecule has 2 aromatic heterocycles. The van der Waals surface area contributed by atoms with Gasteiger partial charge in [0.15, 0.2) is 5.58 Å². The summed E-state index contributed by atoms with van der Waals surface area (Å²) in [6, 6.07) is 15.2. The van der Waals surface area contributed by atoms with E-state index in [9.17, 15) is 14.7 Å². The third-order valence-electron chi connectivity index (χ3n) is 7.91. The highest BCUT2D eigenvalue weighted by Crippen LogP contribution is 2.40. The second kappa shape index (κ2) is 10.7. The minimum absolute atomic E-state index is 0.0694. The average molecular weight is 557 g/mol. The number of hydrogen-bond donors (Lipinski definition) is 2. The van der Waals surface area contributed by atoms with Gasteiger partial charge in [-0.25, -0.2) is 9.67 Å². The molecule has 0 bridgehead atoms. The zero-order valence-corrected chi connectivity index (χ0v) is 23.6. The number of fused-ring (bicyclic) bond motifs is 1. The summed E-state index contributed by atoms with van der Waals surface area (Å²) >= 11 is 0. The first kappa shape index (κ1) is 27.1. The zero-order valence-electron chi connectivity index (χ0n) is 23.6. The Labute approximate surface area is 238 Å². The second-order valence-electron chi connectivity index (χ2n) is 12.3. The SMILES string of the molecule is CC(C)(C)[C@@H](C(=O)N1CC(O)CC1C(=O)NC(Cc1ccccc1)c1nc2ccccc2o1)n1cc(C2CC2)nn1. The van der Waals surface area contributed by atoms with Gasteiger partial charge in [0.25, 0.3) is 0 Å². The molecule has 10 heteroatoms. The van der Waals surface area contributed by atoms with Gasteiger partial charge in [-0.15, -0.1) is 5.10 Å². The monoisotopic (exact) mass is 556 g/mol. The molecule has 2 N–H and O–H groups in total. The van der Waals surface area contributed by atoms with Gasteiger partial charge in [0.1, 0.15) is 23.6 Å². The van der Waals surface area contributed by atoms with E-state index in [1.807, 2.05) is 81.6 Å². The van der Waals surface area contributed by atoms with Crippen LogP contribution in [0.5, 0.6) is 0 Å². The smallest absolute Gasteiger partial charge is 0.248 e. The van der Waals surface area contributed by atoms with Crippen molar-refractivity contribution in [3.63, 3.8) is 0 Å². The Morgan fingerprint density at radius 3 is 2.54 bits per heavy atom. The molecule has 1 saturated heterocycles. The van der Waals surface area contributed by atoms with Gasteiger partial charge in [0.05, 0.1) is 11.8 Å². The lowest BCUT2D eigenvalue weighted by molar-refractivity contribution is -0.144. The lowest BCUT2D eigenvalue weighted by Gasteiger charge is -2.34. The van der Waals surface area contributed by atoms with Crippen molar-refractivity contribution < 1.29 is 19.1 Å². The summed E-state index contributed by atoms with van der Waals surface area (Å²) in [6.45, 7) is 5.98. The summed E-state index contributed by atoms with van der Waals surface area (Å²) in [5.74, 6) is 0.175. The predicted octanol–water partition coefficient (Wildman–Crippen LogP) is 3.95. The van der Waals surface area contributed by atoms with Gasteiger partial charge < -0.3 is 19.7 Å². The van der Waals surface area contributed by atoms with E-state index >= 15 is 0 Å². The first-order chi connectivity index (χ1) is 19.7. The number of β-amino-alcohol motifs (C(OH)–C–C–N with tert-alkyl or cyclic N) is 1. The Hall–Kier alpha value is -4.05. The van der Waals surface area contributed by atoms with Gasteiger partial charge in [0, 0.05) is 31.5 Å². The first-order valence-corrected chi connectivity index (χ1v) is 14.3. The van der Waals surface area contributed by atoms with Crippen LogP contribution in [-0.4, -0.2) is 60.5 Å². The molecule has 1 aliphatic heterocycles. The van der Waals surface area contributed by atoms with E-state index < -0.39 is 29.6 Å². The van der Waals surface area contributed by atoms with Crippen LogP contribution in [0.4, 0.5) is 0 Å². The quantitative estimate of drug-likeness (QED) is 0.337. The fourth-order valence-corrected chi connectivity index (χ4v) is 5.68. The van der Waals surface area contributed by atoms with Crippen LogP contribution in [0, 0.1) is 5.41 Å². The van der Waals surface area contributed by atoms with Crippen molar-refractivity contribution in [3.8, 4) is 0 Å². The first-order valence-electron chi connectivity index (χ1n) is 14.3. The van der Waals surface area contributed by atoms with Crippen molar-refractivity contribution in [1.82, 2.24) is 30.2 Å². The number of aliphatic hydroxyl groups excluding tert-OH is 1. The number of likely N-dealkylation sites (tertiary alicyclic amines) is 1. The fourth-order valence-electron chi connectivity index (χ4n) is 5.68. The summed E-state index contributed by atoms with van der Waals surface area (Å²) in [6.07, 6.45) is 3.80. The summed E-state index contributed by atoms with van der Waals surface area (Å²) in [5, 5.41) is 22.4. The molecule has 2 amide bonds. The minimum Gasteiger partial charge on any atom is -0.438 e. The Balaban J connectivity index is 1.27. The highest BCUT2D eigenvalue weighted by Gasteiger charge is 2.46. The number of nitrogens with one attached hydrogen (secondary N) is 1. The second-order valence-corrected chi connectivity index (χ2v) is 12.3. The van der Waals surface area contributed by atoms with E-state index in [2.05, 4.69) is 20.6 Å². The number of hydrogen-bond acceptors (Lipinski definition) is 7. The van der Waals surface area contributed by atoms with Crippen molar-refractivity contribution in [1.29, 1.82) is 0 Å². The number of nitrogens with zero attached hydrogens (tertiary/aromatic N) is 5. The number of carbonyl (C=O) groups excluding carboxylic acids is 2. The molecule has 4 aromatic rings. The molecule has 41 heavy (non-hydrogen) atoms. The summed E-state index contributed by atoms with van der Waals surface area (Å²) in [4.78, 5) is 34.2. The van der Waals surface area contributed by atoms with Crippen LogP contribution in [0.25, 0.3) is 11.1 Å². The number of carbonyl (C=O) groups is 2. The molecular formula is C31H36N6O4. The molecule has 1 aliphatic carbocycles. The molecule has 2 aromatic carbocycles. The predicted molar refractivity (Wildman–Crippen MR) is 152 cm³/mol. The molecule has 1 saturated carbocycles. The number of rotatable bonds is 8. The Kier molecular flexibility index (Phi) is 7.11. The van der Waals surface area contributed by atoms with Gasteiger partial charge in [0.2, 0.25) is 17.7 Å². The Morgan fingerprint density at radius 1 is 1.10 bits per heavy atom. The van der Waals surface area contributed by atoms with E-state index in [4.69, 9.17) is 4.42 Å². The molecule has 2 aliphatic rings. The van der Waals surface area contributed by atoms with E-state index in [1.54, 1.807) is 4.68 Å². The maximum absolute atomic E-state index is 14.1. The van der Waals surface area contributed by atoms with Crippen LogP contribution < -0.4 is 5.32 Å². The Morgan fingerprint density at radius 2 is 1.83 bits per heavy atom. The van der Waals surface area contributed by atoms with Crippen molar-refractivity contribution in [2.45, 2.75) is 76.6 Å². The zero-order chi connectivity index (χ0) is 28.7. The fraction of sp³-hybridized carbons (Fsp3) is 0.452. The molecule has 10 nitrogen and oxygen atoms in total. The van der Waals surface area contributed by atoms with E-state index in [0.29, 0.717) is 29.3 Å². The molecule has 214 valence electrons. The van der Waals surface area contributed by atoms with Crippen molar-refractivity contribution in [3.05, 3.63) is 77.9 Å². The van der Waals surface area contributed by atoms with E-state index in [0.717, 1.165) is 24.1 Å². The molecule has 0 radical (unpaired) electrons. The molecule has 0 spiro atoms. The van der Waals surface area contributed by atoms with Crippen molar-refractivity contribution in [2.75, 3.05) is 6.54 Å². The molecular weight excluding hydrogens is 520 g/mol. The number of benzene rings is 2. The number of oxazole rings is 1. The van der Waals surface area contributed by atoms with Gasteiger partial charge in [-0.05, 0) is 36.0 Å². The lowest BCUT2D eigenvalue weighted by atomic mass is 9.85. The lowest BCUT2D eigenvalue weighted by Crippen LogP contribution is -2.51. The van der Waals surface area contributed by atoms with Crippen LogP contribution in [-0.2, 0) is 16.0 Å². The topological polar surface area (TPSA) is 126 Å². The van der Waals surface area contributed by atoms with E-state index in [1.165, 1.54) is 4.90 Å². The number of amides is 2. The largest absolute Gasteiger partial charge is 0.438 e. The number of aliphatic hydroxyl groups is 1. The van der Waals surface area contributed by atoms with Gasteiger partial charge >= 0.3 is 0 Å². The molecule has 4 atom stereocenters. The van der Waals surface area contributed by atoms with Gasteiger partial charge in [-0.3, -0.25) is 9.59 Å². The molecule has 6 rings (SSSR count). The van der Waals surface area contributed by atoms with Crippen molar-refractivity contribution >= 4 is 22.9 Å². The molecule has 3 unspecified atom stereocenters. The summed E-state index contributed by atoms with van der Waals surface area (Å²) in [7, 11) is 0. The maximum atomic E-state index is 14.1. The minimum atomic E-state index is -0.851. The maximum Gasteiger partial charge on any atom is 0.248 e. The van der Waals surface area contributed by atoms with Crippen LogP contribution in [0.1, 0.15) is 75.2 Å². The summed E-state index contributed by atoms with van der Waals surface area (Å²) in [5.41, 5.74) is 2.73. The van der Waals surface area contributed by atoms with E-state index in [-0.39, 0.29) is 24.8 Å². The Bertz CT molecular complexity index is 1500. The average Bonchev–Trinajstić information content (AvgIpc) is 3.32. The molecule has 2 fully saturated rings. The van der Waals surface area contributed by atoms with Gasteiger partial charge in [-0.2, -0.15) is 0 Å². The van der Waals surface area contributed by atoms with Crippen LogP contribution >= 0.6 is 0 Å². The van der Waals surface area contributed by atoms with Crippen molar-refractivity contribution in [2.24, 2.45) is 5.41 Å². The third-order valence-corrected chi connectivity index (χ3v) is 7.91. The van der Waals surface area contributed by atoms with Crippen LogP contribution in [0.2, 0.25) is 0 Å². The third kappa shape index (κ3) is 5.74. The highest BCUT2D eigenvalue weighted by atomic mass is 16.3.